The average molecular weight is 487 g/mol. The van der Waals surface area contributed by atoms with Crippen LogP contribution in [0.15, 0.2) is 48.5 Å². The Morgan fingerprint density at radius 3 is 2.91 bits per heavy atom. The first kappa shape index (κ1) is 23.7. The minimum absolute atomic E-state index is 0.0145. The van der Waals surface area contributed by atoms with Gasteiger partial charge >= 0.3 is 0 Å². The topological polar surface area (TPSA) is 106 Å². The molecule has 3 aromatic rings. The predicted molar refractivity (Wildman–Crippen MR) is 126 cm³/mol. The number of fused-ring (bicyclic) bond motifs is 1. The maximum Gasteiger partial charge on any atom is 0.243 e. The summed E-state index contributed by atoms with van der Waals surface area (Å²) < 4.78 is 25.3. The molecule has 0 spiro atoms. The molecule has 1 aliphatic heterocycles. The van der Waals surface area contributed by atoms with E-state index in [1.54, 1.807) is 18.7 Å². The minimum Gasteiger partial charge on any atom is -0.496 e. The second-order valence-electron chi connectivity index (χ2n) is 7.84. The van der Waals surface area contributed by atoms with Crippen molar-refractivity contribution in [2.75, 3.05) is 12.4 Å². The van der Waals surface area contributed by atoms with Gasteiger partial charge in [0, 0.05) is 42.0 Å². The maximum atomic E-state index is 13.5. The molecule has 3 N–H and O–H groups in total. The Morgan fingerprint density at radius 1 is 1.29 bits per heavy atom. The van der Waals surface area contributed by atoms with Gasteiger partial charge in [0.2, 0.25) is 5.91 Å². The standard InChI is InChI=1S/C24H24ClFN4O4/c1-33-22-12-20-16(24(28-13-27-20)29-14-6-8-19(26)18(25)10-14)11-17(22)21-9-7-15(34-21)4-2-3-5-23(31)30-32/h6-8,10-13,21,32H,2-5,9H2,1H3,(H,30,31)(H,27,28,29). The molecule has 178 valence electrons. The third kappa shape index (κ3) is 5.37. The number of ether oxygens (including phenoxy) is 2. The number of methoxy groups -OCH3 is 1. The number of aromatic nitrogens is 2. The van der Waals surface area contributed by atoms with Gasteiger partial charge in [-0.05, 0) is 43.2 Å². The van der Waals surface area contributed by atoms with Gasteiger partial charge < -0.3 is 14.8 Å². The fraction of sp³-hybridized carbons (Fsp3) is 0.292. The number of carbonyl (C=O) groups is 1. The number of nitrogens with zero attached hydrogens (tertiary/aromatic N) is 2. The molecular formula is C24H24ClFN4O4. The zero-order valence-corrected chi connectivity index (χ0v) is 19.2. The molecule has 0 radical (unpaired) electrons. The number of halogens is 2. The molecule has 1 atom stereocenters. The normalized spacial score (nSPS) is 15.1. The summed E-state index contributed by atoms with van der Waals surface area (Å²) in [5.74, 6) is 1.17. The highest BCUT2D eigenvalue weighted by Crippen LogP contribution is 2.40. The zero-order valence-electron chi connectivity index (χ0n) is 18.5. The van der Waals surface area contributed by atoms with Crippen molar-refractivity contribution in [3.8, 4) is 5.75 Å². The van der Waals surface area contributed by atoms with E-state index in [0.29, 0.717) is 42.0 Å². The highest BCUT2D eigenvalue weighted by atomic mass is 35.5. The number of unbranched alkanes of at least 4 members (excludes halogenated alkanes) is 1. The van der Waals surface area contributed by atoms with Gasteiger partial charge in [-0.15, -0.1) is 0 Å². The van der Waals surface area contributed by atoms with E-state index in [1.807, 2.05) is 18.2 Å². The van der Waals surface area contributed by atoms with E-state index >= 15 is 0 Å². The van der Waals surface area contributed by atoms with Crippen molar-refractivity contribution in [1.29, 1.82) is 0 Å². The van der Waals surface area contributed by atoms with Crippen LogP contribution < -0.4 is 15.5 Å². The van der Waals surface area contributed by atoms with E-state index < -0.39 is 11.7 Å². The first-order valence-corrected chi connectivity index (χ1v) is 11.2. The summed E-state index contributed by atoms with van der Waals surface area (Å²) in [6.45, 7) is 0. The third-order valence-corrected chi connectivity index (χ3v) is 5.86. The Labute approximate surface area is 200 Å². The number of carbonyl (C=O) groups excluding carboxylic acids is 1. The van der Waals surface area contributed by atoms with Crippen LogP contribution in [0.1, 0.15) is 43.8 Å². The molecule has 2 aromatic carbocycles. The number of hydroxylamine groups is 1. The van der Waals surface area contributed by atoms with Gasteiger partial charge in [0.1, 0.15) is 29.8 Å². The Bertz CT molecular complexity index is 1240. The van der Waals surface area contributed by atoms with Crippen LogP contribution in [0.4, 0.5) is 15.9 Å². The molecule has 0 aliphatic carbocycles. The summed E-state index contributed by atoms with van der Waals surface area (Å²) in [4.78, 5) is 19.9. The molecule has 1 unspecified atom stereocenters. The van der Waals surface area contributed by atoms with Crippen molar-refractivity contribution in [2.45, 2.75) is 38.2 Å². The third-order valence-electron chi connectivity index (χ3n) is 5.57. The predicted octanol–water partition coefficient (Wildman–Crippen LogP) is 5.59. The number of allylic oxidation sites excluding steroid dienone is 1. The van der Waals surface area contributed by atoms with Gasteiger partial charge in [0.15, 0.2) is 0 Å². The fourth-order valence-corrected chi connectivity index (χ4v) is 4.03. The monoisotopic (exact) mass is 486 g/mol. The van der Waals surface area contributed by atoms with Crippen LogP contribution in [0.25, 0.3) is 10.9 Å². The van der Waals surface area contributed by atoms with Crippen LogP contribution in [-0.4, -0.2) is 28.2 Å². The quantitative estimate of drug-likeness (QED) is 0.206. The van der Waals surface area contributed by atoms with Crippen LogP contribution in [0.2, 0.25) is 5.02 Å². The molecular weight excluding hydrogens is 463 g/mol. The highest BCUT2D eigenvalue weighted by Gasteiger charge is 2.24. The van der Waals surface area contributed by atoms with Gasteiger partial charge in [-0.1, -0.05) is 11.6 Å². The molecule has 2 heterocycles. The van der Waals surface area contributed by atoms with Crippen molar-refractivity contribution >= 4 is 39.9 Å². The van der Waals surface area contributed by atoms with E-state index in [-0.39, 0.29) is 17.5 Å². The summed E-state index contributed by atoms with van der Waals surface area (Å²) in [7, 11) is 1.60. The molecule has 34 heavy (non-hydrogen) atoms. The Kier molecular flexibility index (Phi) is 7.44. The van der Waals surface area contributed by atoms with E-state index in [1.165, 1.54) is 18.5 Å². The van der Waals surface area contributed by atoms with Crippen molar-refractivity contribution in [1.82, 2.24) is 15.4 Å². The molecule has 0 bridgehead atoms. The van der Waals surface area contributed by atoms with Gasteiger partial charge in [0.05, 0.1) is 23.4 Å². The molecule has 1 amide bonds. The second-order valence-corrected chi connectivity index (χ2v) is 8.25. The number of hydrogen-bond donors (Lipinski definition) is 3. The molecule has 8 nitrogen and oxygen atoms in total. The number of hydrogen-bond acceptors (Lipinski definition) is 7. The van der Waals surface area contributed by atoms with E-state index in [2.05, 4.69) is 15.3 Å². The van der Waals surface area contributed by atoms with Crippen molar-refractivity contribution < 1.29 is 23.9 Å². The molecule has 1 aromatic heterocycles. The zero-order chi connectivity index (χ0) is 24.1. The van der Waals surface area contributed by atoms with E-state index in [9.17, 15) is 9.18 Å². The molecule has 1 aliphatic rings. The second kappa shape index (κ2) is 10.7. The van der Waals surface area contributed by atoms with Gasteiger partial charge in [-0.3, -0.25) is 10.0 Å². The lowest BCUT2D eigenvalue weighted by molar-refractivity contribution is -0.129. The number of nitrogens with one attached hydrogen (secondary N) is 2. The number of benzene rings is 2. The van der Waals surface area contributed by atoms with Crippen molar-refractivity contribution in [3.05, 3.63) is 64.9 Å². The van der Waals surface area contributed by atoms with Crippen LogP contribution in [0, 0.1) is 5.82 Å². The van der Waals surface area contributed by atoms with Crippen LogP contribution in [0.3, 0.4) is 0 Å². The van der Waals surface area contributed by atoms with Crippen LogP contribution >= 0.6 is 11.6 Å². The summed E-state index contributed by atoms with van der Waals surface area (Å²) >= 11 is 5.91. The van der Waals surface area contributed by atoms with Crippen molar-refractivity contribution in [3.63, 3.8) is 0 Å². The Balaban J connectivity index is 1.53. The summed E-state index contributed by atoms with van der Waals surface area (Å²) in [6, 6.07) is 8.15. The largest absolute Gasteiger partial charge is 0.496 e. The first-order valence-electron chi connectivity index (χ1n) is 10.8. The van der Waals surface area contributed by atoms with Crippen LogP contribution in [0.5, 0.6) is 5.75 Å². The minimum atomic E-state index is -0.495. The Hall–Kier alpha value is -3.43. The summed E-state index contributed by atoms with van der Waals surface area (Å²) in [6.07, 6.45) is 6.31. The van der Waals surface area contributed by atoms with E-state index in [4.69, 9.17) is 26.3 Å². The lowest BCUT2D eigenvalue weighted by Gasteiger charge is -2.18. The summed E-state index contributed by atoms with van der Waals surface area (Å²) in [5, 5.41) is 12.5. The van der Waals surface area contributed by atoms with E-state index in [0.717, 1.165) is 23.1 Å². The molecule has 4 rings (SSSR count). The number of anilines is 2. The van der Waals surface area contributed by atoms with Crippen molar-refractivity contribution in [2.24, 2.45) is 0 Å². The maximum absolute atomic E-state index is 13.5. The lowest BCUT2D eigenvalue weighted by atomic mass is 10.0. The van der Waals surface area contributed by atoms with Gasteiger partial charge in [-0.25, -0.2) is 19.8 Å². The molecule has 0 saturated heterocycles. The number of amides is 1. The Morgan fingerprint density at radius 2 is 2.15 bits per heavy atom. The summed E-state index contributed by atoms with van der Waals surface area (Å²) in [5.41, 5.74) is 3.77. The lowest BCUT2D eigenvalue weighted by Crippen LogP contribution is -2.17. The average Bonchev–Trinajstić information content (AvgIpc) is 3.32. The van der Waals surface area contributed by atoms with Gasteiger partial charge in [0.25, 0.3) is 0 Å². The highest BCUT2D eigenvalue weighted by molar-refractivity contribution is 6.31. The number of rotatable bonds is 9. The SMILES string of the molecule is COc1cc2ncnc(Nc3ccc(F)c(Cl)c3)c2cc1C1CC=C(CCCCC(=O)NO)O1. The first-order chi connectivity index (χ1) is 16.5. The fourth-order valence-electron chi connectivity index (χ4n) is 3.85. The molecule has 0 saturated carbocycles. The molecule has 10 heteroatoms. The smallest absolute Gasteiger partial charge is 0.243 e. The van der Waals surface area contributed by atoms with Crippen LogP contribution in [-0.2, 0) is 9.53 Å². The van der Waals surface area contributed by atoms with Gasteiger partial charge in [-0.2, -0.15) is 0 Å². The molecule has 0 fully saturated rings.